The monoisotopic (exact) mass is 249 g/mol. The maximum Gasteiger partial charge on any atom is 0.407 e. The fourth-order valence-corrected chi connectivity index (χ4v) is 3.26. The number of nitrogens with zero attached hydrogens (tertiary/aromatic N) is 1. The molecule has 13 heavy (non-hydrogen) atoms. The predicted octanol–water partition coefficient (Wildman–Crippen LogP) is 2.55. The molecule has 1 saturated heterocycles. The van der Waals surface area contributed by atoms with Gasteiger partial charge in [0, 0.05) is 11.4 Å². The molecule has 1 N–H and O–H groups in total. The quantitative estimate of drug-likeness (QED) is 0.671. The molecule has 1 rings (SSSR count). The number of halogens is 1. The number of carbonyl (C=O) groups is 1. The molecule has 4 heteroatoms. The van der Waals surface area contributed by atoms with Crippen molar-refractivity contribution in [3.05, 3.63) is 0 Å². The normalized spacial score (nSPS) is 29.4. The van der Waals surface area contributed by atoms with Gasteiger partial charge in [-0.25, -0.2) is 4.79 Å². The molecule has 0 aromatic carbocycles. The second-order valence-electron chi connectivity index (χ2n) is 4.59. The summed E-state index contributed by atoms with van der Waals surface area (Å²) in [5.41, 5.74) is 0.00303. The Morgan fingerprint density at radius 2 is 2.08 bits per heavy atom. The van der Waals surface area contributed by atoms with Gasteiger partial charge < -0.3 is 10.0 Å². The number of rotatable bonds is 0. The Hall–Kier alpha value is -0.250. The average Bonchev–Trinajstić information content (AvgIpc) is 2.28. The zero-order valence-electron chi connectivity index (χ0n) is 8.25. The number of alkyl halides is 1. The minimum atomic E-state index is -0.804. The lowest BCUT2D eigenvalue weighted by atomic mass is 9.85. The van der Waals surface area contributed by atoms with Crippen molar-refractivity contribution in [3.63, 3.8) is 0 Å². The molecular weight excluding hydrogens is 234 g/mol. The van der Waals surface area contributed by atoms with E-state index in [1.165, 1.54) is 0 Å². The van der Waals surface area contributed by atoms with E-state index in [0.717, 1.165) is 6.42 Å². The molecule has 1 unspecified atom stereocenters. The van der Waals surface area contributed by atoms with Crippen LogP contribution in [-0.2, 0) is 0 Å². The topological polar surface area (TPSA) is 40.5 Å². The summed E-state index contributed by atoms with van der Waals surface area (Å²) < 4.78 is 0. The van der Waals surface area contributed by atoms with Crippen LogP contribution >= 0.6 is 15.9 Å². The van der Waals surface area contributed by atoms with Crippen LogP contribution < -0.4 is 0 Å². The lowest BCUT2D eigenvalue weighted by Gasteiger charge is -2.35. The molecule has 0 saturated carbocycles. The van der Waals surface area contributed by atoms with Crippen LogP contribution in [-0.4, -0.2) is 33.5 Å². The minimum Gasteiger partial charge on any atom is -0.465 e. The lowest BCUT2D eigenvalue weighted by molar-refractivity contribution is 0.108. The highest BCUT2D eigenvalue weighted by molar-refractivity contribution is 9.09. The van der Waals surface area contributed by atoms with Crippen LogP contribution in [0.3, 0.4) is 0 Å². The van der Waals surface area contributed by atoms with Crippen molar-refractivity contribution >= 4 is 22.0 Å². The molecular formula is C9H16BrNO2. The maximum absolute atomic E-state index is 10.9. The van der Waals surface area contributed by atoms with Gasteiger partial charge in [0.1, 0.15) is 0 Å². The minimum absolute atomic E-state index is 0.00303. The fourth-order valence-electron chi connectivity index (χ4n) is 1.98. The first-order chi connectivity index (χ1) is 5.84. The van der Waals surface area contributed by atoms with Gasteiger partial charge >= 0.3 is 6.09 Å². The lowest BCUT2D eigenvalue weighted by Crippen LogP contribution is -2.45. The molecule has 0 aromatic heterocycles. The summed E-state index contributed by atoms with van der Waals surface area (Å²) in [5, 5.41) is 8.97. The summed E-state index contributed by atoms with van der Waals surface area (Å²) in [4.78, 5) is 12.7. The third-order valence-electron chi connectivity index (χ3n) is 2.46. The maximum atomic E-state index is 10.9. The van der Waals surface area contributed by atoms with Crippen LogP contribution in [0.2, 0.25) is 0 Å². The van der Waals surface area contributed by atoms with Gasteiger partial charge in [0.2, 0.25) is 0 Å². The van der Waals surface area contributed by atoms with E-state index in [0.29, 0.717) is 11.4 Å². The van der Waals surface area contributed by atoms with Crippen molar-refractivity contribution in [3.8, 4) is 0 Å². The zero-order chi connectivity index (χ0) is 10.2. The third kappa shape index (κ3) is 2.16. The van der Waals surface area contributed by atoms with Gasteiger partial charge in [-0.3, -0.25) is 0 Å². The molecule has 0 bridgehead atoms. The van der Waals surface area contributed by atoms with Gasteiger partial charge in [-0.1, -0.05) is 36.7 Å². The summed E-state index contributed by atoms with van der Waals surface area (Å²) in [5.74, 6) is 0. The zero-order valence-corrected chi connectivity index (χ0v) is 9.84. The highest BCUT2D eigenvalue weighted by atomic mass is 79.9. The summed E-state index contributed by atoms with van der Waals surface area (Å²) in [7, 11) is 0. The molecule has 0 aromatic rings. The van der Waals surface area contributed by atoms with Crippen molar-refractivity contribution in [2.75, 3.05) is 6.54 Å². The Morgan fingerprint density at radius 3 is 2.38 bits per heavy atom. The highest BCUT2D eigenvalue weighted by Gasteiger charge is 2.42. The van der Waals surface area contributed by atoms with Crippen molar-refractivity contribution in [2.45, 2.75) is 38.1 Å². The Kier molecular flexibility index (Phi) is 2.90. The van der Waals surface area contributed by atoms with Crippen molar-refractivity contribution in [1.29, 1.82) is 0 Å². The Morgan fingerprint density at radius 1 is 1.54 bits per heavy atom. The van der Waals surface area contributed by atoms with E-state index in [1.54, 1.807) is 4.90 Å². The average molecular weight is 250 g/mol. The summed E-state index contributed by atoms with van der Waals surface area (Å²) >= 11 is 3.54. The molecule has 1 fully saturated rings. The van der Waals surface area contributed by atoms with Gasteiger partial charge in [-0.05, 0) is 11.8 Å². The van der Waals surface area contributed by atoms with E-state index in [2.05, 4.69) is 36.7 Å². The summed E-state index contributed by atoms with van der Waals surface area (Å²) in [6, 6.07) is 0.0880. The second kappa shape index (κ2) is 3.48. The first-order valence-electron chi connectivity index (χ1n) is 4.47. The molecule has 0 aliphatic carbocycles. The van der Waals surface area contributed by atoms with E-state index < -0.39 is 6.09 Å². The van der Waals surface area contributed by atoms with Crippen LogP contribution in [0.1, 0.15) is 27.2 Å². The van der Waals surface area contributed by atoms with Crippen LogP contribution in [0.4, 0.5) is 4.79 Å². The van der Waals surface area contributed by atoms with Gasteiger partial charge in [-0.15, -0.1) is 0 Å². The summed E-state index contributed by atoms with van der Waals surface area (Å²) in [6.45, 7) is 6.88. The van der Waals surface area contributed by atoms with E-state index in [1.807, 2.05) is 0 Å². The number of likely N-dealkylation sites (tertiary alicyclic amines) is 1. The summed E-state index contributed by atoms with van der Waals surface area (Å²) in [6.07, 6.45) is 0.107. The number of hydrogen-bond acceptors (Lipinski definition) is 1. The Labute approximate surface area is 87.2 Å². The van der Waals surface area contributed by atoms with E-state index >= 15 is 0 Å². The van der Waals surface area contributed by atoms with Crippen LogP contribution in [0.15, 0.2) is 0 Å². The van der Waals surface area contributed by atoms with Crippen molar-refractivity contribution in [2.24, 2.45) is 5.41 Å². The van der Waals surface area contributed by atoms with Gasteiger partial charge in [0.05, 0.1) is 6.04 Å². The van der Waals surface area contributed by atoms with Gasteiger partial charge in [-0.2, -0.15) is 0 Å². The molecule has 1 amide bonds. The third-order valence-corrected chi connectivity index (χ3v) is 3.42. The predicted molar refractivity (Wildman–Crippen MR) is 55.3 cm³/mol. The fraction of sp³-hybridized carbons (Fsp3) is 0.889. The molecule has 0 spiro atoms. The van der Waals surface area contributed by atoms with Crippen LogP contribution in [0.25, 0.3) is 0 Å². The Bertz CT molecular complexity index is 212. The standard InChI is InChI=1S/C9H16BrNO2/c1-9(2,3)7-6(10)4-5-11(7)8(12)13/h6-7H,4-5H2,1-3H3,(H,12,13)/t6-,7?/m0/s1. The number of hydrogen-bond donors (Lipinski definition) is 1. The molecule has 1 aliphatic rings. The largest absolute Gasteiger partial charge is 0.465 e. The SMILES string of the molecule is CC(C)(C)C1[C@@H](Br)CCN1C(=O)O. The highest BCUT2D eigenvalue weighted by Crippen LogP contribution is 2.36. The first kappa shape index (κ1) is 10.8. The van der Waals surface area contributed by atoms with Gasteiger partial charge in [0.25, 0.3) is 0 Å². The molecule has 76 valence electrons. The van der Waals surface area contributed by atoms with E-state index in [4.69, 9.17) is 5.11 Å². The molecule has 2 atom stereocenters. The van der Waals surface area contributed by atoms with Crippen molar-refractivity contribution in [1.82, 2.24) is 4.90 Å². The first-order valence-corrected chi connectivity index (χ1v) is 5.39. The van der Waals surface area contributed by atoms with Gasteiger partial charge in [0.15, 0.2) is 0 Å². The van der Waals surface area contributed by atoms with Crippen LogP contribution in [0, 0.1) is 5.41 Å². The number of carboxylic acid groups (broad SMARTS) is 1. The molecule has 1 heterocycles. The van der Waals surface area contributed by atoms with E-state index in [-0.39, 0.29) is 11.5 Å². The molecule has 3 nitrogen and oxygen atoms in total. The smallest absolute Gasteiger partial charge is 0.407 e. The Balaban J connectivity index is 2.83. The molecule has 1 aliphatic heterocycles. The molecule has 0 radical (unpaired) electrons. The van der Waals surface area contributed by atoms with Crippen LogP contribution in [0.5, 0.6) is 0 Å². The number of amides is 1. The second-order valence-corrected chi connectivity index (χ2v) is 5.77. The van der Waals surface area contributed by atoms with E-state index in [9.17, 15) is 4.79 Å². The van der Waals surface area contributed by atoms with Crippen molar-refractivity contribution < 1.29 is 9.90 Å².